The second-order valence-electron chi connectivity index (χ2n) is 11.2. The van der Waals surface area contributed by atoms with Crippen LogP contribution in [0.3, 0.4) is 0 Å². The lowest BCUT2D eigenvalue weighted by molar-refractivity contribution is -0.128. The van der Waals surface area contributed by atoms with Crippen LogP contribution in [0.25, 0.3) is 22.3 Å². The SMILES string of the molecule is CC(=O)[C@@]12CC1[C@@H](n1cnc3c(NCc4cccc(Cl)c4)nc(C#Cc4ccc(-c5ccccc5)cc4)nc31)[C@H](O)C2O. The molecule has 0 aliphatic heterocycles. The second kappa shape index (κ2) is 10.6. The van der Waals surface area contributed by atoms with E-state index >= 15 is 0 Å². The standard InChI is InChI=1S/C34H28ClN5O3/c1-20(41)34-17-26(34)29(30(42)31(34)43)40-19-37-28-32(36-18-22-6-5-9-25(35)16-22)38-27(39-33(28)40)15-12-21-10-13-24(14-11-21)23-7-3-2-4-8-23/h2-11,13-14,16,19,26,29-31,42-43H,17-18H2,1H3,(H,36,38,39)/t26?,29-,30+,31?,34+/m1/s1. The summed E-state index contributed by atoms with van der Waals surface area (Å²) in [6, 6.07) is 25.1. The van der Waals surface area contributed by atoms with Crippen LogP contribution in [0.2, 0.25) is 5.02 Å². The third kappa shape index (κ3) is 4.76. The Morgan fingerprint density at radius 3 is 2.51 bits per heavy atom. The molecule has 2 aromatic heterocycles. The summed E-state index contributed by atoms with van der Waals surface area (Å²) in [5.41, 5.74) is 4.04. The van der Waals surface area contributed by atoms with Gasteiger partial charge in [-0.25, -0.2) is 15.0 Å². The highest BCUT2D eigenvalue weighted by atomic mass is 35.5. The number of carbonyl (C=O) groups is 1. The van der Waals surface area contributed by atoms with Crippen molar-refractivity contribution in [3.8, 4) is 23.0 Å². The van der Waals surface area contributed by atoms with Crippen LogP contribution in [-0.2, 0) is 11.3 Å². The molecule has 5 aromatic rings. The molecule has 2 unspecified atom stereocenters. The maximum absolute atomic E-state index is 12.5. The summed E-state index contributed by atoms with van der Waals surface area (Å²) in [5.74, 6) is 6.70. The van der Waals surface area contributed by atoms with Gasteiger partial charge in [-0.05, 0) is 66.1 Å². The van der Waals surface area contributed by atoms with Crippen molar-refractivity contribution in [1.29, 1.82) is 0 Å². The normalized spacial score (nSPS) is 23.8. The van der Waals surface area contributed by atoms with Crippen LogP contribution in [0.1, 0.15) is 36.3 Å². The topological polar surface area (TPSA) is 113 Å². The molecule has 9 heteroatoms. The number of Topliss-reactive ketones (excluding diaryl/α,β-unsaturated/α-hetero) is 1. The largest absolute Gasteiger partial charge is 0.389 e. The number of hydrogen-bond donors (Lipinski definition) is 3. The molecule has 2 saturated carbocycles. The molecule has 214 valence electrons. The minimum absolute atomic E-state index is 0.112. The number of aliphatic hydroxyl groups excluding tert-OH is 2. The van der Waals surface area contributed by atoms with Gasteiger partial charge in [0.1, 0.15) is 11.9 Å². The summed E-state index contributed by atoms with van der Waals surface area (Å²) < 4.78 is 1.76. The average molecular weight is 590 g/mol. The predicted molar refractivity (Wildman–Crippen MR) is 164 cm³/mol. The Balaban J connectivity index is 1.26. The quantitative estimate of drug-likeness (QED) is 0.238. The van der Waals surface area contributed by atoms with Gasteiger partial charge >= 0.3 is 0 Å². The maximum Gasteiger partial charge on any atom is 0.209 e. The first-order valence-corrected chi connectivity index (χ1v) is 14.5. The molecule has 0 amide bonds. The van der Waals surface area contributed by atoms with Gasteiger partial charge in [0, 0.05) is 17.1 Å². The smallest absolute Gasteiger partial charge is 0.209 e. The van der Waals surface area contributed by atoms with Crippen LogP contribution < -0.4 is 5.32 Å². The molecule has 2 aliphatic carbocycles. The number of nitrogens with zero attached hydrogens (tertiary/aromatic N) is 4. The van der Waals surface area contributed by atoms with Crippen molar-refractivity contribution < 1.29 is 15.0 Å². The summed E-state index contributed by atoms with van der Waals surface area (Å²) in [6.07, 6.45) is -0.159. The third-order valence-corrected chi connectivity index (χ3v) is 8.97. The molecule has 43 heavy (non-hydrogen) atoms. The lowest BCUT2D eigenvalue weighted by Crippen LogP contribution is -2.36. The molecule has 0 bridgehead atoms. The Kier molecular flexibility index (Phi) is 6.74. The van der Waals surface area contributed by atoms with E-state index < -0.39 is 23.7 Å². The van der Waals surface area contributed by atoms with Crippen LogP contribution in [-0.4, -0.2) is 47.7 Å². The number of benzene rings is 3. The van der Waals surface area contributed by atoms with Gasteiger partial charge < -0.3 is 20.1 Å². The van der Waals surface area contributed by atoms with Gasteiger partial charge in [-0.1, -0.05) is 72.1 Å². The molecule has 8 nitrogen and oxygen atoms in total. The van der Waals surface area contributed by atoms with E-state index in [2.05, 4.69) is 34.3 Å². The highest BCUT2D eigenvalue weighted by Gasteiger charge is 2.74. The zero-order valence-electron chi connectivity index (χ0n) is 23.3. The molecule has 0 radical (unpaired) electrons. The van der Waals surface area contributed by atoms with Gasteiger partial charge in [0.25, 0.3) is 0 Å². The van der Waals surface area contributed by atoms with Gasteiger partial charge in [-0.2, -0.15) is 0 Å². The number of imidazole rings is 1. The maximum atomic E-state index is 12.5. The second-order valence-corrected chi connectivity index (χ2v) is 11.7. The zero-order chi connectivity index (χ0) is 29.7. The van der Waals surface area contributed by atoms with Gasteiger partial charge in [0.15, 0.2) is 17.0 Å². The van der Waals surface area contributed by atoms with Crippen molar-refractivity contribution in [2.45, 2.75) is 38.1 Å². The number of carbonyl (C=O) groups excluding carboxylic acids is 1. The summed E-state index contributed by atoms with van der Waals surface area (Å²) >= 11 is 6.19. The highest BCUT2D eigenvalue weighted by molar-refractivity contribution is 6.30. The molecule has 0 saturated heterocycles. The third-order valence-electron chi connectivity index (χ3n) is 8.73. The summed E-state index contributed by atoms with van der Waals surface area (Å²) in [4.78, 5) is 26.5. The zero-order valence-corrected chi connectivity index (χ0v) is 24.0. The van der Waals surface area contributed by atoms with Crippen molar-refractivity contribution in [1.82, 2.24) is 19.5 Å². The van der Waals surface area contributed by atoms with E-state index in [1.54, 1.807) is 10.9 Å². The Morgan fingerprint density at radius 2 is 1.79 bits per heavy atom. The highest BCUT2D eigenvalue weighted by Crippen LogP contribution is 2.68. The molecule has 3 N–H and O–H groups in total. The lowest BCUT2D eigenvalue weighted by Gasteiger charge is -2.23. The minimum atomic E-state index is -1.14. The molecule has 0 spiro atoms. The fourth-order valence-electron chi connectivity index (χ4n) is 6.42. The van der Waals surface area contributed by atoms with E-state index in [1.807, 2.05) is 66.7 Å². The van der Waals surface area contributed by atoms with Crippen molar-refractivity contribution in [2.24, 2.45) is 11.3 Å². The van der Waals surface area contributed by atoms with Gasteiger partial charge in [0.2, 0.25) is 5.82 Å². The Labute approximate surface area is 253 Å². The number of rotatable bonds is 6. The van der Waals surface area contributed by atoms with Crippen molar-refractivity contribution in [3.63, 3.8) is 0 Å². The number of halogens is 1. The number of aromatic nitrogens is 4. The number of hydrogen-bond acceptors (Lipinski definition) is 7. The van der Waals surface area contributed by atoms with E-state index in [4.69, 9.17) is 21.6 Å². The van der Waals surface area contributed by atoms with E-state index in [1.165, 1.54) is 6.92 Å². The predicted octanol–water partition coefficient (Wildman–Crippen LogP) is 5.03. The Hall–Kier alpha value is -4.55. The van der Waals surface area contributed by atoms with Crippen LogP contribution in [0, 0.1) is 23.2 Å². The summed E-state index contributed by atoms with van der Waals surface area (Å²) in [5, 5.41) is 25.8. The molecule has 2 heterocycles. The Morgan fingerprint density at radius 1 is 1.02 bits per heavy atom. The van der Waals surface area contributed by atoms with E-state index in [-0.39, 0.29) is 17.5 Å². The molecule has 3 aromatic carbocycles. The molecule has 2 aliphatic rings. The first kappa shape index (κ1) is 27.3. The molecule has 2 fully saturated rings. The van der Waals surface area contributed by atoms with Crippen molar-refractivity contribution >= 4 is 34.4 Å². The van der Waals surface area contributed by atoms with Crippen LogP contribution in [0.15, 0.2) is 85.2 Å². The van der Waals surface area contributed by atoms with Crippen LogP contribution >= 0.6 is 11.6 Å². The molecule has 7 rings (SSSR count). The summed E-state index contributed by atoms with van der Waals surface area (Å²) in [7, 11) is 0. The number of fused-ring (bicyclic) bond motifs is 2. The van der Waals surface area contributed by atoms with Gasteiger partial charge in [-0.3, -0.25) is 4.79 Å². The monoisotopic (exact) mass is 589 g/mol. The Bertz CT molecular complexity index is 1910. The van der Waals surface area contributed by atoms with E-state index in [0.717, 1.165) is 22.3 Å². The van der Waals surface area contributed by atoms with Gasteiger partial charge in [0.05, 0.1) is 23.9 Å². The number of anilines is 1. The average Bonchev–Trinajstić information content (AvgIpc) is 3.57. The molecular weight excluding hydrogens is 562 g/mol. The van der Waals surface area contributed by atoms with Crippen LogP contribution in [0.5, 0.6) is 0 Å². The fraction of sp³-hybridized carbons (Fsp3) is 0.235. The number of nitrogens with one attached hydrogen (secondary N) is 1. The van der Waals surface area contributed by atoms with Crippen molar-refractivity contribution in [3.05, 3.63) is 107 Å². The number of ketones is 1. The number of aliphatic hydroxyl groups is 2. The van der Waals surface area contributed by atoms with Crippen molar-refractivity contribution in [2.75, 3.05) is 5.32 Å². The van der Waals surface area contributed by atoms with Crippen LogP contribution in [0.4, 0.5) is 5.82 Å². The van der Waals surface area contributed by atoms with Gasteiger partial charge in [-0.15, -0.1) is 0 Å². The minimum Gasteiger partial charge on any atom is -0.389 e. The van der Waals surface area contributed by atoms with E-state index in [0.29, 0.717) is 35.0 Å². The molecular formula is C34H28ClN5O3. The molecule has 5 atom stereocenters. The first-order chi connectivity index (χ1) is 20.8. The van der Waals surface area contributed by atoms with E-state index in [9.17, 15) is 15.0 Å². The lowest BCUT2D eigenvalue weighted by atomic mass is 9.95. The fourth-order valence-corrected chi connectivity index (χ4v) is 6.64. The summed E-state index contributed by atoms with van der Waals surface area (Å²) in [6.45, 7) is 1.92. The first-order valence-electron chi connectivity index (χ1n) is 14.1.